The van der Waals surface area contributed by atoms with Crippen molar-refractivity contribution in [2.75, 3.05) is 6.61 Å². The van der Waals surface area contributed by atoms with Crippen molar-refractivity contribution in [2.24, 2.45) is 0 Å². The molecule has 4 N–H and O–H groups in total. The fraction of sp³-hybridized carbons (Fsp3) is 0.188. The molecule has 2 aromatic rings. The Morgan fingerprint density at radius 2 is 1.73 bits per heavy atom. The van der Waals surface area contributed by atoms with E-state index in [1.807, 2.05) is 6.92 Å². The van der Waals surface area contributed by atoms with E-state index in [0.29, 0.717) is 6.61 Å². The highest BCUT2D eigenvalue weighted by Crippen LogP contribution is 2.24. The van der Waals surface area contributed by atoms with Crippen LogP contribution in [0.2, 0.25) is 0 Å². The Kier molecular flexibility index (Phi) is 6.07. The van der Waals surface area contributed by atoms with Gasteiger partial charge in [0.1, 0.15) is 17.1 Å². The summed E-state index contributed by atoms with van der Waals surface area (Å²) in [4.78, 5) is 10.6. The van der Waals surface area contributed by atoms with E-state index in [4.69, 9.17) is 25.2 Å². The van der Waals surface area contributed by atoms with E-state index < -0.39 is 5.97 Å². The molecular formula is C16H18O6. The van der Waals surface area contributed by atoms with Gasteiger partial charge in [-0.05, 0) is 43.7 Å². The number of phenols is 3. The Hall–Kier alpha value is -2.89. The second-order valence-corrected chi connectivity index (χ2v) is 4.41. The average molecular weight is 306 g/mol. The van der Waals surface area contributed by atoms with Crippen LogP contribution in [0.5, 0.6) is 23.0 Å². The molecule has 0 saturated carbocycles. The van der Waals surface area contributed by atoms with E-state index in [1.54, 1.807) is 13.0 Å². The Morgan fingerprint density at radius 1 is 1.05 bits per heavy atom. The molecule has 0 amide bonds. The normalized spacial score (nSPS) is 9.55. The predicted octanol–water partition coefficient (Wildman–Crippen LogP) is 2.90. The van der Waals surface area contributed by atoms with Crippen LogP contribution in [0.25, 0.3) is 0 Å². The minimum atomic E-state index is -1.07. The Labute approximate surface area is 127 Å². The van der Waals surface area contributed by atoms with Crippen molar-refractivity contribution in [3.8, 4) is 23.0 Å². The van der Waals surface area contributed by atoms with Crippen LogP contribution in [0.4, 0.5) is 0 Å². The molecule has 0 fully saturated rings. The topological polar surface area (TPSA) is 107 Å². The first-order valence-electron chi connectivity index (χ1n) is 6.52. The first-order chi connectivity index (χ1) is 10.3. The van der Waals surface area contributed by atoms with Crippen LogP contribution < -0.4 is 4.74 Å². The van der Waals surface area contributed by atoms with Gasteiger partial charge in [0, 0.05) is 6.07 Å². The first-order valence-corrected chi connectivity index (χ1v) is 6.52. The lowest BCUT2D eigenvalue weighted by molar-refractivity contribution is 0.0692. The van der Waals surface area contributed by atoms with E-state index in [1.165, 1.54) is 30.3 Å². The molecule has 2 rings (SSSR count). The Bertz CT molecular complexity index is 651. The zero-order valence-electron chi connectivity index (χ0n) is 12.3. The predicted molar refractivity (Wildman–Crippen MR) is 80.7 cm³/mol. The number of aromatic hydroxyl groups is 3. The third-order valence-corrected chi connectivity index (χ3v) is 2.63. The number of ether oxygens (including phenoxy) is 1. The number of aryl methyl sites for hydroxylation is 1. The minimum Gasteiger partial charge on any atom is -0.508 e. The van der Waals surface area contributed by atoms with Crippen molar-refractivity contribution >= 4 is 5.97 Å². The van der Waals surface area contributed by atoms with Crippen molar-refractivity contribution in [2.45, 2.75) is 13.8 Å². The summed E-state index contributed by atoms with van der Waals surface area (Å²) in [6.45, 7) is 3.96. The summed E-state index contributed by atoms with van der Waals surface area (Å²) >= 11 is 0. The standard InChI is InChI=1S/C9H10O4.C7H8O2/c1-2-13-8-5-6(10)3-4-7(8)9(11)12;1-5-2-3-6(8)7(9)4-5/h3-5,10H,2H2,1H3,(H,11,12);2-4,8-9H,1H3. The zero-order valence-corrected chi connectivity index (χ0v) is 12.3. The molecule has 6 heteroatoms. The lowest BCUT2D eigenvalue weighted by atomic mass is 10.2. The largest absolute Gasteiger partial charge is 0.508 e. The van der Waals surface area contributed by atoms with Gasteiger partial charge in [0.25, 0.3) is 0 Å². The number of rotatable bonds is 3. The summed E-state index contributed by atoms with van der Waals surface area (Å²) in [5.74, 6) is -1.01. The van der Waals surface area contributed by atoms with E-state index in [-0.39, 0.29) is 28.6 Å². The zero-order chi connectivity index (χ0) is 16.7. The number of carboxylic acid groups (broad SMARTS) is 1. The molecule has 0 unspecified atom stereocenters. The summed E-state index contributed by atoms with van der Waals surface area (Å²) in [5, 5.41) is 35.4. The molecule has 0 aliphatic carbocycles. The van der Waals surface area contributed by atoms with Gasteiger partial charge in [-0.2, -0.15) is 0 Å². The molecule has 0 radical (unpaired) electrons. The first kappa shape index (κ1) is 17.2. The maximum Gasteiger partial charge on any atom is 0.339 e. The highest BCUT2D eigenvalue weighted by Gasteiger charge is 2.10. The summed E-state index contributed by atoms with van der Waals surface area (Å²) in [7, 11) is 0. The second kappa shape index (κ2) is 7.78. The van der Waals surface area contributed by atoms with Gasteiger partial charge in [0.2, 0.25) is 0 Å². The maximum atomic E-state index is 10.6. The van der Waals surface area contributed by atoms with Crippen LogP contribution in [-0.2, 0) is 0 Å². The number of hydrogen-bond donors (Lipinski definition) is 4. The monoisotopic (exact) mass is 306 g/mol. The van der Waals surface area contributed by atoms with Crippen LogP contribution >= 0.6 is 0 Å². The lowest BCUT2D eigenvalue weighted by Crippen LogP contribution is -2.02. The SMILES string of the molecule is CCOc1cc(O)ccc1C(=O)O.Cc1ccc(O)c(O)c1. The number of carboxylic acids is 1. The third-order valence-electron chi connectivity index (χ3n) is 2.63. The van der Waals surface area contributed by atoms with Crippen LogP contribution in [0.3, 0.4) is 0 Å². The molecule has 118 valence electrons. The third kappa shape index (κ3) is 4.90. The van der Waals surface area contributed by atoms with E-state index in [9.17, 15) is 4.79 Å². The highest BCUT2D eigenvalue weighted by molar-refractivity contribution is 5.91. The molecule has 0 aromatic heterocycles. The van der Waals surface area contributed by atoms with E-state index in [0.717, 1.165) is 5.56 Å². The highest BCUT2D eigenvalue weighted by atomic mass is 16.5. The summed E-state index contributed by atoms with van der Waals surface area (Å²) in [6.07, 6.45) is 0. The van der Waals surface area contributed by atoms with Crippen LogP contribution in [0, 0.1) is 6.92 Å². The van der Waals surface area contributed by atoms with Crippen molar-refractivity contribution in [1.29, 1.82) is 0 Å². The summed E-state index contributed by atoms with van der Waals surface area (Å²) < 4.78 is 5.04. The van der Waals surface area contributed by atoms with Crippen molar-refractivity contribution in [1.82, 2.24) is 0 Å². The molecule has 0 atom stereocenters. The van der Waals surface area contributed by atoms with Gasteiger partial charge >= 0.3 is 5.97 Å². The molecule has 2 aromatic carbocycles. The van der Waals surface area contributed by atoms with Gasteiger partial charge in [-0.15, -0.1) is 0 Å². The fourth-order valence-electron chi connectivity index (χ4n) is 1.60. The van der Waals surface area contributed by atoms with Crippen molar-refractivity contribution in [3.05, 3.63) is 47.5 Å². The second-order valence-electron chi connectivity index (χ2n) is 4.41. The molecule has 0 bridgehead atoms. The number of hydrogen-bond acceptors (Lipinski definition) is 5. The number of phenolic OH excluding ortho intramolecular Hbond substituents is 3. The fourth-order valence-corrected chi connectivity index (χ4v) is 1.60. The number of carbonyl (C=O) groups is 1. The summed E-state index contributed by atoms with van der Waals surface area (Å²) in [6, 6.07) is 8.61. The van der Waals surface area contributed by atoms with E-state index in [2.05, 4.69) is 0 Å². The minimum absolute atomic E-state index is 0.00606. The smallest absolute Gasteiger partial charge is 0.339 e. The molecule has 0 heterocycles. The molecule has 0 spiro atoms. The van der Waals surface area contributed by atoms with Gasteiger partial charge in [-0.3, -0.25) is 0 Å². The number of aromatic carboxylic acids is 1. The Balaban J connectivity index is 0.000000235. The number of benzene rings is 2. The van der Waals surface area contributed by atoms with Gasteiger partial charge in [-0.1, -0.05) is 6.07 Å². The Morgan fingerprint density at radius 3 is 2.23 bits per heavy atom. The molecule has 6 nitrogen and oxygen atoms in total. The van der Waals surface area contributed by atoms with Gasteiger partial charge in [0.15, 0.2) is 11.5 Å². The van der Waals surface area contributed by atoms with Crippen molar-refractivity contribution in [3.63, 3.8) is 0 Å². The average Bonchev–Trinajstić information content (AvgIpc) is 2.44. The lowest BCUT2D eigenvalue weighted by Gasteiger charge is -2.06. The molecule has 0 aliphatic rings. The van der Waals surface area contributed by atoms with Gasteiger partial charge in [-0.25, -0.2) is 4.79 Å². The van der Waals surface area contributed by atoms with Crippen LogP contribution in [-0.4, -0.2) is 33.0 Å². The van der Waals surface area contributed by atoms with Crippen LogP contribution in [0.15, 0.2) is 36.4 Å². The van der Waals surface area contributed by atoms with Gasteiger partial charge < -0.3 is 25.2 Å². The summed E-state index contributed by atoms with van der Waals surface area (Å²) in [5.41, 5.74) is 0.991. The maximum absolute atomic E-state index is 10.6. The van der Waals surface area contributed by atoms with Crippen molar-refractivity contribution < 1.29 is 30.0 Å². The molecule has 22 heavy (non-hydrogen) atoms. The van der Waals surface area contributed by atoms with Crippen LogP contribution in [0.1, 0.15) is 22.8 Å². The molecular weight excluding hydrogens is 288 g/mol. The molecule has 0 aliphatic heterocycles. The quantitative estimate of drug-likeness (QED) is 0.649. The van der Waals surface area contributed by atoms with E-state index >= 15 is 0 Å². The van der Waals surface area contributed by atoms with Gasteiger partial charge in [0.05, 0.1) is 6.61 Å². The molecule has 0 saturated heterocycles.